The average molecular weight is 492 g/mol. The molecule has 3 nitrogen and oxygen atoms in total. The fourth-order valence-electron chi connectivity index (χ4n) is 5.40. The molecule has 2 fully saturated rings. The van der Waals surface area contributed by atoms with Gasteiger partial charge in [0.05, 0.1) is 16.6 Å². The number of thiazole rings is 1. The highest BCUT2D eigenvalue weighted by Gasteiger charge is 2.57. The van der Waals surface area contributed by atoms with E-state index < -0.39 is 4.33 Å². The van der Waals surface area contributed by atoms with E-state index in [1.165, 1.54) is 34.5 Å². The van der Waals surface area contributed by atoms with Gasteiger partial charge in [-0.15, -0.1) is 34.5 Å². The lowest BCUT2D eigenvalue weighted by atomic mass is 9.63. The van der Waals surface area contributed by atoms with Crippen molar-refractivity contribution in [2.45, 2.75) is 80.9 Å². The number of hydrogen-bond donors (Lipinski definition) is 0. The molecule has 1 amide bonds. The second-order valence-corrected chi connectivity index (χ2v) is 13.6. The third-order valence-corrected chi connectivity index (χ3v) is 9.79. The van der Waals surface area contributed by atoms with Gasteiger partial charge in [0.15, 0.2) is 0 Å². The molecule has 1 aliphatic heterocycles. The molecule has 0 spiro atoms. The zero-order valence-corrected chi connectivity index (χ0v) is 21.7. The van der Waals surface area contributed by atoms with Crippen LogP contribution in [0.25, 0.3) is 11.3 Å². The lowest BCUT2D eigenvalue weighted by molar-refractivity contribution is -0.133. The Hall–Kier alpha value is -1.10. The number of hydrogen-bond acceptors (Lipinski definition) is 3. The van der Waals surface area contributed by atoms with E-state index in [0.717, 1.165) is 31.6 Å². The van der Waals surface area contributed by atoms with Gasteiger partial charge in [0.2, 0.25) is 5.91 Å². The summed E-state index contributed by atoms with van der Waals surface area (Å²) in [5.41, 5.74) is 5.69. The molecule has 1 aromatic heterocycles. The predicted octanol–water partition coefficient (Wildman–Crippen LogP) is 7.06. The molecule has 0 N–H and O–H groups in total. The summed E-state index contributed by atoms with van der Waals surface area (Å²) < 4.78 is -0.837. The van der Waals surface area contributed by atoms with Crippen molar-refractivity contribution >= 4 is 40.4 Å². The minimum Gasteiger partial charge on any atom is -0.342 e. The molecule has 5 rings (SSSR count). The summed E-state index contributed by atoms with van der Waals surface area (Å²) >= 11 is 13.9. The summed E-state index contributed by atoms with van der Waals surface area (Å²) in [6.07, 6.45) is 4.93. The van der Waals surface area contributed by atoms with Crippen LogP contribution in [0.3, 0.4) is 0 Å². The Morgan fingerprint density at radius 3 is 2.31 bits per heavy atom. The Morgan fingerprint density at radius 2 is 1.69 bits per heavy atom. The summed E-state index contributed by atoms with van der Waals surface area (Å²) in [5, 5.41) is 3.40. The molecule has 1 unspecified atom stereocenters. The van der Waals surface area contributed by atoms with Crippen molar-refractivity contribution in [2.75, 3.05) is 13.1 Å². The van der Waals surface area contributed by atoms with Crippen molar-refractivity contribution in [1.82, 2.24) is 9.88 Å². The molecule has 1 aromatic carbocycles. The maximum absolute atomic E-state index is 12.6. The van der Waals surface area contributed by atoms with E-state index in [4.69, 9.17) is 28.2 Å². The predicted molar refractivity (Wildman–Crippen MR) is 134 cm³/mol. The number of carbonyl (C=O) groups excluding carboxylic acids is 1. The van der Waals surface area contributed by atoms with Crippen LogP contribution >= 0.6 is 34.5 Å². The standard InChI is InChI=1S/C26H32Cl2N2OS/c1-24(2)9-10-25(3,4)19-13-17(5-6-18(19)24)21-15-32-22(29-21)16-7-11-30(12-8-16)23(31)20-14-26(20,27)28/h5-6,13,15-16,20H,7-12,14H2,1-4H3. The average Bonchev–Trinajstić information content (AvgIpc) is 3.15. The van der Waals surface area contributed by atoms with Crippen LogP contribution in [-0.4, -0.2) is 33.2 Å². The van der Waals surface area contributed by atoms with Gasteiger partial charge in [-0.2, -0.15) is 0 Å². The summed E-state index contributed by atoms with van der Waals surface area (Å²) in [5.74, 6) is 0.321. The van der Waals surface area contributed by atoms with E-state index in [2.05, 4.69) is 51.3 Å². The van der Waals surface area contributed by atoms with E-state index in [1.807, 2.05) is 4.90 Å². The maximum Gasteiger partial charge on any atom is 0.228 e. The lowest BCUT2D eigenvalue weighted by Gasteiger charge is -2.42. The minimum absolute atomic E-state index is 0.118. The van der Waals surface area contributed by atoms with E-state index >= 15 is 0 Å². The Labute approximate surface area is 205 Å². The number of rotatable bonds is 3. The summed E-state index contributed by atoms with van der Waals surface area (Å²) in [6.45, 7) is 11.0. The van der Waals surface area contributed by atoms with E-state index in [-0.39, 0.29) is 22.7 Å². The normalized spacial score (nSPS) is 25.9. The topological polar surface area (TPSA) is 33.2 Å². The molecule has 0 bridgehead atoms. The third kappa shape index (κ3) is 4.01. The molecule has 172 valence electrons. The summed E-state index contributed by atoms with van der Waals surface area (Å²) in [6, 6.07) is 6.97. The highest BCUT2D eigenvalue weighted by molar-refractivity contribution is 7.10. The van der Waals surface area contributed by atoms with Crippen molar-refractivity contribution < 1.29 is 4.79 Å². The smallest absolute Gasteiger partial charge is 0.228 e. The van der Waals surface area contributed by atoms with Gasteiger partial charge in [0, 0.05) is 30.0 Å². The molecular weight excluding hydrogens is 459 g/mol. The van der Waals surface area contributed by atoms with Crippen molar-refractivity contribution in [3.05, 3.63) is 39.7 Å². The second-order valence-electron chi connectivity index (χ2n) is 11.2. The highest BCUT2D eigenvalue weighted by atomic mass is 35.5. The van der Waals surface area contributed by atoms with Gasteiger partial charge in [0.25, 0.3) is 0 Å². The van der Waals surface area contributed by atoms with Gasteiger partial charge in [0.1, 0.15) is 4.33 Å². The molecule has 1 atom stereocenters. The molecule has 1 saturated carbocycles. The van der Waals surface area contributed by atoms with Gasteiger partial charge in [-0.1, -0.05) is 39.8 Å². The molecular formula is C26H32Cl2N2OS. The first kappa shape index (κ1) is 22.7. The number of amides is 1. The Kier molecular flexibility index (Phi) is 5.47. The molecule has 2 heterocycles. The van der Waals surface area contributed by atoms with Gasteiger partial charge < -0.3 is 4.90 Å². The number of alkyl halides is 2. The van der Waals surface area contributed by atoms with Crippen LogP contribution < -0.4 is 0 Å². The number of benzene rings is 1. The van der Waals surface area contributed by atoms with Gasteiger partial charge in [-0.3, -0.25) is 4.79 Å². The van der Waals surface area contributed by atoms with Crippen molar-refractivity contribution in [3.8, 4) is 11.3 Å². The SMILES string of the molecule is CC1(C)CCC(C)(C)c2cc(-c3csc(C4CCN(C(=O)C5CC5(Cl)Cl)CC4)n3)ccc21. The van der Waals surface area contributed by atoms with Crippen LogP contribution in [0.5, 0.6) is 0 Å². The fourth-order valence-corrected chi connectivity index (χ4v) is 6.90. The van der Waals surface area contributed by atoms with Gasteiger partial charge in [-0.05, 0) is 60.1 Å². The van der Waals surface area contributed by atoms with Crippen molar-refractivity contribution in [3.63, 3.8) is 0 Å². The molecule has 3 aliphatic rings. The number of fused-ring (bicyclic) bond motifs is 1. The van der Waals surface area contributed by atoms with Gasteiger partial charge >= 0.3 is 0 Å². The van der Waals surface area contributed by atoms with Gasteiger partial charge in [-0.25, -0.2) is 4.98 Å². The van der Waals surface area contributed by atoms with Crippen LogP contribution in [-0.2, 0) is 15.6 Å². The van der Waals surface area contributed by atoms with Crippen LogP contribution in [0.15, 0.2) is 23.6 Å². The largest absolute Gasteiger partial charge is 0.342 e. The summed E-state index contributed by atoms with van der Waals surface area (Å²) in [4.78, 5) is 19.6. The van der Waals surface area contributed by atoms with E-state index in [9.17, 15) is 4.79 Å². The lowest BCUT2D eigenvalue weighted by Crippen LogP contribution is -2.39. The first-order valence-electron chi connectivity index (χ1n) is 11.8. The molecule has 0 radical (unpaired) electrons. The van der Waals surface area contributed by atoms with Crippen molar-refractivity contribution in [2.24, 2.45) is 5.92 Å². The Balaban J connectivity index is 1.30. The zero-order valence-electron chi connectivity index (χ0n) is 19.4. The first-order valence-corrected chi connectivity index (χ1v) is 13.4. The second kappa shape index (κ2) is 7.71. The maximum atomic E-state index is 12.6. The number of aromatic nitrogens is 1. The highest BCUT2D eigenvalue weighted by Crippen LogP contribution is 2.54. The molecule has 1 saturated heterocycles. The monoisotopic (exact) mass is 490 g/mol. The third-order valence-electron chi connectivity index (χ3n) is 7.95. The van der Waals surface area contributed by atoms with Crippen LogP contribution in [0, 0.1) is 5.92 Å². The zero-order chi connectivity index (χ0) is 22.9. The minimum atomic E-state index is -0.837. The van der Waals surface area contributed by atoms with Crippen LogP contribution in [0.4, 0.5) is 0 Å². The Morgan fingerprint density at radius 1 is 1.06 bits per heavy atom. The molecule has 6 heteroatoms. The fraction of sp³-hybridized carbons (Fsp3) is 0.615. The van der Waals surface area contributed by atoms with Crippen LogP contribution in [0.2, 0.25) is 0 Å². The Bertz CT molecular complexity index is 1050. The van der Waals surface area contributed by atoms with Crippen molar-refractivity contribution in [1.29, 1.82) is 0 Å². The molecule has 32 heavy (non-hydrogen) atoms. The first-order chi connectivity index (χ1) is 15.0. The molecule has 2 aromatic rings. The number of likely N-dealkylation sites (tertiary alicyclic amines) is 1. The van der Waals surface area contributed by atoms with Crippen LogP contribution in [0.1, 0.15) is 81.9 Å². The molecule has 2 aliphatic carbocycles. The van der Waals surface area contributed by atoms with E-state index in [1.54, 1.807) is 11.3 Å². The number of halogens is 2. The number of carbonyl (C=O) groups is 1. The van der Waals surface area contributed by atoms with E-state index in [0.29, 0.717) is 12.3 Å². The quantitative estimate of drug-likeness (QED) is 0.431. The number of nitrogens with zero attached hydrogens (tertiary/aromatic N) is 2. The summed E-state index contributed by atoms with van der Waals surface area (Å²) in [7, 11) is 0. The number of piperidine rings is 1.